The Hall–Kier alpha value is -2.96. The number of hydrogen-bond acceptors (Lipinski definition) is 6. The molecule has 0 aliphatic heterocycles. The minimum atomic E-state index is -6.81. The van der Waals surface area contributed by atoms with Crippen molar-refractivity contribution in [2.45, 2.75) is 17.2 Å². The molecule has 34 heavy (non-hydrogen) atoms. The van der Waals surface area contributed by atoms with Crippen molar-refractivity contribution in [1.29, 1.82) is 0 Å². The topological polar surface area (TPSA) is 124 Å². The van der Waals surface area contributed by atoms with Crippen LogP contribution in [0.2, 0.25) is 0 Å². The molecule has 0 aromatic heterocycles. The monoisotopic (exact) mass is 551 g/mol. The van der Waals surface area contributed by atoms with Crippen LogP contribution in [0.1, 0.15) is 5.56 Å². The first-order valence-electron chi connectivity index (χ1n) is 7.95. The van der Waals surface area contributed by atoms with E-state index in [2.05, 4.69) is 0 Å². The maximum absolute atomic E-state index is 12.7. The van der Waals surface area contributed by atoms with Crippen molar-refractivity contribution in [3.8, 4) is 0 Å². The predicted octanol–water partition coefficient (Wildman–Crippen LogP) is 4.20. The number of nitrogen functional groups attached to an aromatic ring is 2. The number of benzene rings is 2. The highest BCUT2D eigenvalue weighted by molar-refractivity contribution is 8.11. The van der Waals surface area contributed by atoms with Crippen LogP contribution < -0.4 is 15.2 Å². The molecule has 7 nitrogen and oxygen atoms in total. The Morgan fingerprint density at radius 2 is 1.06 bits per heavy atom. The summed E-state index contributed by atoms with van der Waals surface area (Å²) in [6.45, 7) is 0. The molecule has 0 unspecified atom stereocenters. The number of halogens is 10. The number of para-hydroxylation sites is 1. The molecule has 0 bridgehead atoms. The number of anilines is 3. The quantitative estimate of drug-likeness (QED) is 0.436. The first kappa shape index (κ1) is 29.1. The second-order valence-electron chi connectivity index (χ2n) is 5.89. The van der Waals surface area contributed by atoms with Crippen molar-refractivity contribution in [1.82, 2.24) is 0 Å². The van der Waals surface area contributed by atoms with E-state index in [0.717, 1.165) is 18.2 Å². The van der Waals surface area contributed by atoms with Crippen molar-refractivity contribution in [2.24, 2.45) is 0 Å². The van der Waals surface area contributed by atoms with Gasteiger partial charge in [-0.2, -0.15) is 56.3 Å². The normalized spacial score (nSPS) is 13.1. The lowest BCUT2D eigenvalue weighted by atomic mass is 10.1. The lowest BCUT2D eigenvalue weighted by Gasteiger charge is -2.25. The second-order valence-corrected chi connectivity index (χ2v) is 9.68. The van der Waals surface area contributed by atoms with Crippen molar-refractivity contribution >= 4 is 37.1 Å². The van der Waals surface area contributed by atoms with Gasteiger partial charge < -0.3 is 11.5 Å². The first-order valence-corrected chi connectivity index (χ1v) is 10.8. The number of rotatable bonds is 3. The molecule has 0 spiro atoms. The average Bonchev–Trinajstić information content (AvgIpc) is 2.63. The molecular formula is C15H11F10N3O4S2. The molecule has 0 radical (unpaired) electrons. The molecule has 0 aliphatic carbocycles. The Balaban J connectivity index is 0.000000380. The van der Waals surface area contributed by atoms with Gasteiger partial charge in [-0.25, -0.2) is 4.39 Å². The number of nitrogens with zero attached hydrogens (tertiary/aromatic N) is 1. The zero-order valence-corrected chi connectivity index (χ0v) is 17.5. The summed E-state index contributed by atoms with van der Waals surface area (Å²) >= 11 is 0. The van der Waals surface area contributed by atoms with Gasteiger partial charge in [-0.05, 0) is 24.3 Å². The van der Waals surface area contributed by atoms with Crippen molar-refractivity contribution in [3.05, 3.63) is 53.8 Å². The van der Waals surface area contributed by atoms with Gasteiger partial charge in [0.2, 0.25) is 0 Å². The number of hydrogen-bond donors (Lipinski definition) is 2. The standard InChI is InChI=1S/C8H5F6NO4S2.C7H6F4N2/c9-7(10,11)20(16,17)15(6-4-2-1-3-5-6)21(18,19)8(12,13)14;8-4-2-6(13)5(12)1-3(4)7(9,10)11/h1-5H;1-2H,12-13H2. The minimum absolute atomic E-state index is 0.203. The summed E-state index contributed by atoms with van der Waals surface area (Å²) in [5.74, 6) is -1.42. The van der Waals surface area contributed by atoms with Crippen LogP contribution in [0.25, 0.3) is 0 Å². The molecule has 0 heterocycles. The van der Waals surface area contributed by atoms with E-state index in [0.29, 0.717) is 24.3 Å². The first-order chi connectivity index (χ1) is 15.0. The molecular weight excluding hydrogens is 540 g/mol. The molecule has 192 valence electrons. The fourth-order valence-corrected chi connectivity index (χ4v) is 4.68. The van der Waals surface area contributed by atoms with Gasteiger partial charge in [0, 0.05) is 0 Å². The number of sulfonamides is 2. The SMILES string of the molecule is Nc1cc(F)c(C(F)(F)F)cc1N.O=S(=O)(N(c1ccccc1)S(=O)(=O)C(F)(F)F)C(F)(F)F. The van der Waals surface area contributed by atoms with Gasteiger partial charge in [-0.15, -0.1) is 3.71 Å². The average molecular weight is 551 g/mol. The Morgan fingerprint density at radius 3 is 1.41 bits per heavy atom. The van der Waals surface area contributed by atoms with Gasteiger partial charge in [-0.3, -0.25) is 0 Å². The van der Waals surface area contributed by atoms with Crippen LogP contribution in [0.3, 0.4) is 0 Å². The summed E-state index contributed by atoms with van der Waals surface area (Å²) in [6.07, 6.45) is -4.74. The lowest BCUT2D eigenvalue weighted by molar-refractivity contribution is -0.139. The zero-order chi connectivity index (χ0) is 26.9. The van der Waals surface area contributed by atoms with E-state index in [4.69, 9.17) is 11.5 Å². The molecule has 2 aromatic rings. The van der Waals surface area contributed by atoms with Crippen molar-refractivity contribution in [2.75, 3.05) is 15.2 Å². The molecule has 0 atom stereocenters. The predicted molar refractivity (Wildman–Crippen MR) is 99.1 cm³/mol. The minimum Gasteiger partial charge on any atom is -0.397 e. The fraction of sp³-hybridized carbons (Fsp3) is 0.200. The summed E-state index contributed by atoms with van der Waals surface area (Å²) in [7, 11) is -13.6. The summed E-state index contributed by atoms with van der Waals surface area (Å²) in [4.78, 5) is 0. The molecule has 0 fully saturated rings. The highest BCUT2D eigenvalue weighted by atomic mass is 32.3. The van der Waals surface area contributed by atoms with Gasteiger partial charge in [0.1, 0.15) is 5.82 Å². The van der Waals surface area contributed by atoms with Gasteiger partial charge in [0.25, 0.3) is 0 Å². The summed E-state index contributed by atoms with van der Waals surface area (Å²) in [6, 6.07) is 4.88. The van der Waals surface area contributed by atoms with Gasteiger partial charge in [-0.1, -0.05) is 18.2 Å². The highest BCUT2D eigenvalue weighted by Gasteiger charge is 2.61. The van der Waals surface area contributed by atoms with Gasteiger partial charge in [0.15, 0.2) is 0 Å². The van der Waals surface area contributed by atoms with Gasteiger partial charge >= 0.3 is 37.2 Å². The van der Waals surface area contributed by atoms with Crippen LogP contribution in [0.5, 0.6) is 0 Å². The van der Waals surface area contributed by atoms with Crippen LogP contribution in [0.15, 0.2) is 42.5 Å². The molecule has 2 rings (SSSR count). The van der Waals surface area contributed by atoms with Crippen LogP contribution in [0.4, 0.5) is 61.0 Å². The molecule has 0 saturated heterocycles. The van der Waals surface area contributed by atoms with E-state index in [-0.39, 0.29) is 11.4 Å². The Morgan fingerprint density at radius 1 is 0.676 bits per heavy atom. The molecule has 0 saturated carbocycles. The molecule has 0 aliphatic rings. The molecule has 4 N–H and O–H groups in total. The Kier molecular flexibility index (Phi) is 8.00. The Labute approximate surface area is 184 Å². The maximum atomic E-state index is 12.7. The van der Waals surface area contributed by atoms with E-state index in [1.807, 2.05) is 0 Å². The maximum Gasteiger partial charge on any atom is 0.517 e. The van der Waals surface area contributed by atoms with Crippen LogP contribution in [-0.2, 0) is 26.2 Å². The van der Waals surface area contributed by atoms with E-state index in [9.17, 15) is 60.7 Å². The number of alkyl halides is 9. The molecule has 19 heteroatoms. The van der Waals surface area contributed by atoms with Crippen LogP contribution >= 0.6 is 0 Å². The van der Waals surface area contributed by atoms with Crippen molar-refractivity contribution in [3.63, 3.8) is 0 Å². The van der Waals surface area contributed by atoms with Crippen LogP contribution in [-0.4, -0.2) is 27.9 Å². The lowest BCUT2D eigenvalue weighted by Crippen LogP contribution is -2.49. The highest BCUT2D eigenvalue weighted by Crippen LogP contribution is 2.38. The van der Waals surface area contributed by atoms with E-state index in [1.165, 1.54) is 0 Å². The largest absolute Gasteiger partial charge is 0.517 e. The summed E-state index contributed by atoms with van der Waals surface area (Å²) in [5, 5.41) is 0. The van der Waals surface area contributed by atoms with Crippen LogP contribution in [0, 0.1) is 5.82 Å². The van der Waals surface area contributed by atoms with Crippen molar-refractivity contribution < 1.29 is 60.7 Å². The fourth-order valence-electron chi connectivity index (χ4n) is 1.97. The third kappa shape index (κ3) is 6.13. The van der Waals surface area contributed by atoms with E-state index >= 15 is 0 Å². The van der Waals surface area contributed by atoms with Gasteiger partial charge in [0.05, 0.1) is 22.6 Å². The molecule has 0 amide bonds. The summed E-state index contributed by atoms with van der Waals surface area (Å²) < 4.78 is 166. The summed E-state index contributed by atoms with van der Waals surface area (Å²) in [5.41, 5.74) is -5.48. The second kappa shape index (κ2) is 9.35. The van der Waals surface area contributed by atoms with E-state index in [1.54, 1.807) is 0 Å². The third-order valence-corrected chi connectivity index (χ3v) is 7.11. The smallest absolute Gasteiger partial charge is 0.397 e. The molecule has 2 aromatic carbocycles. The Bertz CT molecular complexity index is 1180. The number of nitrogens with two attached hydrogens (primary N) is 2. The zero-order valence-electron chi connectivity index (χ0n) is 15.9. The van der Waals surface area contributed by atoms with E-state index < -0.39 is 58.0 Å². The third-order valence-electron chi connectivity index (χ3n) is 3.47.